The Morgan fingerprint density at radius 2 is 1.93 bits per heavy atom. The van der Waals surface area contributed by atoms with E-state index in [0.29, 0.717) is 0 Å². The summed E-state index contributed by atoms with van der Waals surface area (Å²) >= 11 is 0. The van der Waals surface area contributed by atoms with Gasteiger partial charge < -0.3 is 4.52 Å². The van der Waals surface area contributed by atoms with E-state index < -0.39 is 0 Å². The number of benzene rings is 1. The summed E-state index contributed by atoms with van der Waals surface area (Å²) < 4.78 is 4.77. The van der Waals surface area contributed by atoms with Gasteiger partial charge in [-0.3, -0.25) is 0 Å². The Labute approximate surface area is 82.5 Å². The van der Waals surface area contributed by atoms with E-state index in [0.717, 1.165) is 16.8 Å². The molecule has 0 fully saturated rings. The third kappa shape index (κ3) is 1.67. The highest BCUT2D eigenvalue weighted by Gasteiger charge is 1.99. The highest BCUT2D eigenvalue weighted by atomic mass is 16.5. The zero-order chi connectivity index (χ0) is 9.80. The average molecular weight is 183 g/mol. The first kappa shape index (κ1) is 8.58. The molecule has 1 aromatic carbocycles. The van der Waals surface area contributed by atoms with Gasteiger partial charge in [-0.25, -0.2) is 0 Å². The third-order valence-corrected chi connectivity index (χ3v) is 1.89. The normalized spacial score (nSPS) is 9.21. The van der Waals surface area contributed by atoms with Gasteiger partial charge in [0.2, 0.25) is 0 Å². The molecule has 0 aliphatic carbocycles. The summed E-state index contributed by atoms with van der Waals surface area (Å²) in [6, 6.07) is 9.75. The maximum atomic E-state index is 4.77. The molecule has 2 heteroatoms. The molecule has 0 bridgehead atoms. The molecule has 0 amide bonds. The predicted octanol–water partition coefficient (Wildman–Crippen LogP) is 2.71. The Hall–Kier alpha value is -2.01. The van der Waals surface area contributed by atoms with Gasteiger partial charge >= 0.3 is 0 Å². The van der Waals surface area contributed by atoms with Gasteiger partial charge in [0, 0.05) is 17.2 Å². The topological polar surface area (TPSA) is 26.0 Å². The van der Waals surface area contributed by atoms with Crippen molar-refractivity contribution in [1.82, 2.24) is 5.16 Å². The number of hydrogen-bond donors (Lipinski definition) is 0. The summed E-state index contributed by atoms with van der Waals surface area (Å²) in [7, 11) is 0. The predicted molar refractivity (Wildman–Crippen MR) is 54.5 cm³/mol. The minimum atomic E-state index is 0.848. The lowest BCUT2D eigenvalue weighted by atomic mass is 10.1. The van der Waals surface area contributed by atoms with Gasteiger partial charge in [-0.1, -0.05) is 23.2 Å². The monoisotopic (exact) mass is 183 g/mol. The first-order valence-electron chi connectivity index (χ1n) is 4.34. The summed E-state index contributed by atoms with van der Waals surface area (Å²) in [4.78, 5) is 0. The summed E-state index contributed by atoms with van der Waals surface area (Å²) in [5, 5.41) is 3.85. The van der Waals surface area contributed by atoms with Crippen molar-refractivity contribution in [2.75, 3.05) is 0 Å². The Bertz CT molecular complexity index is 457. The van der Waals surface area contributed by atoms with Crippen molar-refractivity contribution >= 4 is 0 Å². The number of aromatic nitrogens is 1. The summed E-state index contributed by atoms with van der Waals surface area (Å²) in [5.41, 5.74) is 2.90. The number of hydrogen-bond acceptors (Lipinski definition) is 2. The van der Waals surface area contributed by atoms with Crippen LogP contribution in [0.1, 0.15) is 12.5 Å². The fourth-order valence-corrected chi connectivity index (χ4v) is 1.23. The molecule has 0 radical (unpaired) electrons. The summed E-state index contributed by atoms with van der Waals surface area (Å²) in [6.07, 6.45) is 1.56. The van der Waals surface area contributed by atoms with Gasteiger partial charge in [-0.15, -0.1) is 5.92 Å². The van der Waals surface area contributed by atoms with Crippen LogP contribution in [0, 0.1) is 11.8 Å². The molecule has 0 N–H and O–H groups in total. The van der Waals surface area contributed by atoms with Crippen LogP contribution in [0.15, 0.2) is 41.1 Å². The molecular formula is C12H9NO. The lowest BCUT2D eigenvalue weighted by molar-refractivity contribution is 0.422. The Balaban J connectivity index is 2.34. The molecule has 0 saturated carbocycles. The van der Waals surface area contributed by atoms with Crippen molar-refractivity contribution in [3.05, 3.63) is 42.2 Å². The second kappa shape index (κ2) is 3.80. The molecule has 0 atom stereocenters. The number of nitrogens with zero attached hydrogens (tertiary/aromatic N) is 1. The van der Waals surface area contributed by atoms with E-state index >= 15 is 0 Å². The zero-order valence-corrected chi connectivity index (χ0v) is 7.82. The van der Waals surface area contributed by atoms with Crippen molar-refractivity contribution in [2.24, 2.45) is 0 Å². The lowest BCUT2D eigenvalue weighted by Gasteiger charge is -1.94. The summed E-state index contributed by atoms with van der Waals surface area (Å²) in [5.74, 6) is 5.84. The Morgan fingerprint density at radius 1 is 1.14 bits per heavy atom. The van der Waals surface area contributed by atoms with E-state index in [9.17, 15) is 0 Å². The first-order valence-corrected chi connectivity index (χ1v) is 4.34. The molecule has 0 spiro atoms. The van der Waals surface area contributed by atoms with Gasteiger partial charge in [0.15, 0.2) is 0 Å². The molecule has 1 heterocycles. The van der Waals surface area contributed by atoms with E-state index in [1.807, 2.05) is 37.3 Å². The summed E-state index contributed by atoms with van der Waals surface area (Å²) in [6.45, 7) is 1.82. The van der Waals surface area contributed by atoms with E-state index in [-0.39, 0.29) is 0 Å². The SMILES string of the molecule is CC#Cc1ccc(-c2ccon2)cc1. The van der Waals surface area contributed by atoms with Gasteiger partial charge in [-0.05, 0) is 19.1 Å². The zero-order valence-electron chi connectivity index (χ0n) is 7.82. The maximum Gasteiger partial charge on any atom is 0.124 e. The highest BCUT2D eigenvalue weighted by Crippen LogP contribution is 2.16. The molecule has 0 aliphatic rings. The Morgan fingerprint density at radius 3 is 2.50 bits per heavy atom. The van der Waals surface area contributed by atoms with Crippen molar-refractivity contribution < 1.29 is 4.52 Å². The van der Waals surface area contributed by atoms with E-state index in [1.54, 1.807) is 6.26 Å². The van der Waals surface area contributed by atoms with Crippen molar-refractivity contribution in [1.29, 1.82) is 0 Å². The van der Waals surface area contributed by atoms with Crippen molar-refractivity contribution in [3.63, 3.8) is 0 Å². The third-order valence-electron chi connectivity index (χ3n) is 1.89. The number of rotatable bonds is 1. The second-order valence-corrected chi connectivity index (χ2v) is 2.84. The van der Waals surface area contributed by atoms with Crippen molar-refractivity contribution in [3.8, 4) is 23.1 Å². The molecule has 2 rings (SSSR count). The van der Waals surface area contributed by atoms with E-state index in [4.69, 9.17) is 4.52 Å². The van der Waals surface area contributed by atoms with Crippen LogP contribution in [0.4, 0.5) is 0 Å². The molecule has 0 unspecified atom stereocenters. The van der Waals surface area contributed by atoms with Crippen LogP contribution in [0.3, 0.4) is 0 Å². The lowest BCUT2D eigenvalue weighted by Crippen LogP contribution is -1.78. The molecule has 14 heavy (non-hydrogen) atoms. The minimum absolute atomic E-state index is 0.848. The average Bonchev–Trinajstić information content (AvgIpc) is 2.72. The molecule has 1 aromatic heterocycles. The fraction of sp³-hybridized carbons (Fsp3) is 0.0833. The molecule has 0 aliphatic heterocycles. The van der Waals surface area contributed by atoms with Crippen LogP contribution >= 0.6 is 0 Å². The molecule has 2 aromatic rings. The van der Waals surface area contributed by atoms with Crippen LogP contribution in [0.2, 0.25) is 0 Å². The first-order chi connectivity index (χ1) is 6.90. The maximum absolute atomic E-state index is 4.77. The standard InChI is InChI=1S/C12H9NO/c1-2-3-10-4-6-11(7-5-10)12-8-9-14-13-12/h4-9H,1H3. The van der Waals surface area contributed by atoms with Crippen LogP contribution in [0.25, 0.3) is 11.3 Å². The minimum Gasteiger partial charge on any atom is -0.364 e. The van der Waals surface area contributed by atoms with Crippen LogP contribution in [-0.4, -0.2) is 5.16 Å². The van der Waals surface area contributed by atoms with Crippen LogP contribution < -0.4 is 0 Å². The van der Waals surface area contributed by atoms with Gasteiger partial charge in [0.1, 0.15) is 12.0 Å². The molecule has 68 valence electrons. The molecule has 2 nitrogen and oxygen atoms in total. The van der Waals surface area contributed by atoms with E-state index in [2.05, 4.69) is 17.0 Å². The second-order valence-electron chi connectivity index (χ2n) is 2.84. The van der Waals surface area contributed by atoms with Gasteiger partial charge in [0.05, 0.1) is 0 Å². The van der Waals surface area contributed by atoms with E-state index in [1.165, 1.54) is 0 Å². The highest BCUT2D eigenvalue weighted by molar-refractivity contribution is 5.59. The van der Waals surface area contributed by atoms with Gasteiger partial charge in [0.25, 0.3) is 0 Å². The van der Waals surface area contributed by atoms with Crippen LogP contribution in [0.5, 0.6) is 0 Å². The Kier molecular flexibility index (Phi) is 2.33. The molecule has 0 saturated heterocycles. The largest absolute Gasteiger partial charge is 0.364 e. The fourth-order valence-electron chi connectivity index (χ4n) is 1.23. The van der Waals surface area contributed by atoms with Crippen LogP contribution in [-0.2, 0) is 0 Å². The quantitative estimate of drug-likeness (QED) is 0.635. The smallest absolute Gasteiger partial charge is 0.124 e. The van der Waals surface area contributed by atoms with Crippen molar-refractivity contribution in [2.45, 2.75) is 6.92 Å². The molecular weight excluding hydrogens is 174 g/mol. The van der Waals surface area contributed by atoms with Gasteiger partial charge in [-0.2, -0.15) is 0 Å².